The number of nitrogens with one attached hydrogen (secondary N) is 2. The van der Waals surface area contributed by atoms with Crippen LogP contribution in [0.15, 0.2) is 48.9 Å². The lowest BCUT2D eigenvalue weighted by molar-refractivity contribution is 0.102. The number of amides is 1. The van der Waals surface area contributed by atoms with Crippen LogP contribution >= 0.6 is 15.9 Å². The van der Waals surface area contributed by atoms with Gasteiger partial charge in [0.05, 0.1) is 11.2 Å². The van der Waals surface area contributed by atoms with Crippen molar-refractivity contribution in [3.05, 3.63) is 54.5 Å². The SMILES string of the molecule is O=C(Nc1cccc2c1NCC[C@H](Br)O2)c1ccc2cncnc2c1. The first-order valence-corrected chi connectivity index (χ1v) is 8.81. The fourth-order valence-electron chi connectivity index (χ4n) is 2.73. The van der Waals surface area contributed by atoms with Gasteiger partial charge in [0.1, 0.15) is 17.8 Å². The molecule has 0 saturated heterocycles. The van der Waals surface area contributed by atoms with Crippen molar-refractivity contribution in [3.8, 4) is 5.75 Å². The predicted octanol–water partition coefficient (Wildman–Crippen LogP) is 3.80. The highest BCUT2D eigenvalue weighted by Crippen LogP contribution is 2.36. The quantitative estimate of drug-likeness (QED) is 0.642. The molecule has 4 rings (SSSR count). The van der Waals surface area contributed by atoms with Gasteiger partial charge >= 0.3 is 0 Å². The molecule has 6 nitrogen and oxygen atoms in total. The van der Waals surface area contributed by atoms with Gasteiger partial charge in [0.25, 0.3) is 5.91 Å². The van der Waals surface area contributed by atoms with Crippen molar-refractivity contribution in [2.24, 2.45) is 0 Å². The highest BCUT2D eigenvalue weighted by molar-refractivity contribution is 9.09. The highest BCUT2D eigenvalue weighted by Gasteiger charge is 2.18. The number of carbonyl (C=O) groups is 1. The number of fused-ring (bicyclic) bond motifs is 2. The number of nitrogens with zero attached hydrogens (tertiary/aromatic N) is 2. The van der Waals surface area contributed by atoms with Gasteiger partial charge in [0.15, 0.2) is 5.01 Å². The molecule has 0 aliphatic carbocycles. The molecular formula is C18H15BrN4O2. The third-order valence-electron chi connectivity index (χ3n) is 3.97. The zero-order valence-corrected chi connectivity index (χ0v) is 14.8. The average Bonchev–Trinajstić information content (AvgIpc) is 2.82. The van der Waals surface area contributed by atoms with Crippen LogP contribution in [0.1, 0.15) is 16.8 Å². The lowest BCUT2D eigenvalue weighted by Gasteiger charge is -2.15. The number of benzene rings is 2. The first-order chi connectivity index (χ1) is 12.2. The average molecular weight is 399 g/mol. The number of hydrogen-bond acceptors (Lipinski definition) is 5. The number of aromatic nitrogens is 2. The third-order valence-corrected chi connectivity index (χ3v) is 4.62. The van der Waals surface area contributed by atoms with Crippen molar-refractivity contribution in [2.75, 3.05) is 17.2 Å². The van der Waals surface area contributed by atoms with Gasteiger partial charge in [-0.05, 0) is 40.2 Å². The third kappa shape index (κ3) is 3.28. The zero-order chi connectivity index (χ0) is 17.2. The van der Waals surface area contributed by atoms with E-state index in [-0.39, 0.29) is 10.9 Å². The van der Waals surface area contributed by atoms with E-state index in [0.29, 0.717) is 17.0 Å². The molecule has 0 saturated carbocycles. The Morgan fingerprint density at radius 3 is 3.16 bits per heavy atom. The summed E-state index contributed by atoms with van der Waals surface area (Å²) in [5, 5.41) is 7.12. The molecule has 0 spiro atoms. The first kappa shape index (κ1) is 15.8. The topological polar surface area (TPSA) is 76.1 Å². The van der Waals surface area contributed by atoms with Crippen LogP contribution in [0.5, 0.6) is 5.75 Å². The Kier molecular flexibility index (Phi) is 4.23. The molecule has 0 bridgehead atoms. The molecule has 1 atom stereocenters. The van der Waals surface area contributed by atoms with Crippen molar-refractivity contribution in [3.63, 3.8) is 0 Å². The second kappa shape index (κ2) is 6.68. The minimum Gasteiger partial charge on any atom is -0.477 e. The van der Waals surface area contributed by atoms with E-state index in [1.165, 1.54) is 6.33 Å². The van der Waals surface area contributed by atoms with Crippen LogP contribution in [-0.2, 0) is 0 Å². The van der Waals surface area contributed by atoms with Crippen LogP contribution in [0.4, 0.5) is 11.4 Å². The summed E-state index contributed by atoms with van der Waals surface area (Å²) in [6, 6.07) is 10.9. The van der Waals surface area contributed by atoms with Crippen molar-refractivity contribution in [1.82, 2.24) is 9.97 Å². The van der Waals surface area contributed by atoms with Gasteiger partial charge in [-0.3, -0.25) is 4.79 Å². The Balaban J connectivity index is 1.63. The molecule has 2 heterocycles. The summed E-state index contributed by atoms with van der Waals surface area (Å²) in [5.41, 5.74) is 2.75. The fraction of sp³-hybridized carbons (Fsp3) is 0.167. The molecule has 126 valence electrons. The van der Waals surface area contributed by atoms with E-state index in [1.54, 1.807) is 18.3 Å². The van der Waals surface area contributed by atoms with Gasteiger partial charge in [0, 0.05) is 30.1 Å². The summed E-state index contributed by atoms with van der Waals surface area (Å²) in [6.45, 7) is 0.753. The predicted molar refractivity (Wildman–Crippen MR) is 100 cm³/mol. The number of para-hydroxylation sites is 1. The van der Waals surface area contributed by atoms with Crippen molar-refractivity contribution in [2.45, 2.75) is 11.4 Å². The summed E-state index contributed by atoms with van der Waals surface area (Å²) in [7, 11) is 0. The van der Waals surface area contributed by atoms with Crippen molar-refractivity contribution < 1.29 is 9.53 Å². The number of alkyl halides is 1. The summed E-state index contributed by atoms with van der Waals surface area (Å²) in [4.78, 5) is 20.8. The zero-order valence-electron chi connectivity index (χ0n) is 13.2. The standard InChI is InChI=1S/C18H15BrN4O2/c19-16-6-7-21-17-13(2-1-3-15(17)25-16)23-18(24)11-4-5-12-9-20-10-22-14(12)8-11/h1-5,8-10,16,21H,6-7H2,(H,23,24)/t16-/m1/s1. The van der Waals surface area contributed by atoms with Crippen molar-refractivity contribution >= 4 is 44.1 Å². The summed E-state index contributed by atoms with van der Waals surface area (Å²) < 4.78 is 5.83. The minimum atomic E-state index is -0.199. The number of anilines is 2. The largest absolute Gasteiger partial charge is 0.477 e. The minimum absolute atomic E-state index is 0.0487. The Labute approximate surface area is 152 Å². The molecular weight excluding hydrogens is 384 g/mol. The van der Waals surface area contributed by atoms with E-state index in [1.807, 2.05) is 24.3 Å². The molecule has 1 amide bonds. The van der Waals surface area contributed by atoms with Gasteiger partial charge in [-0.1, -0.05) is 12.1 Å². The molecule has 1 aromatic heterocycles. The van der Waals surface area contributed by atoms with Gasteiger partial charge in [-0.2, -0.15) is 0 Å². The number of carbonyl (C=O) groups excluding carboxylic acids is 1. The molecule has 0 fully saturated rings. The van der Waals surface area contributed by atoms with Gasteiger partial charge in [-0.25, -0.2) is 9.97 Å². The molecule has 0 unspecified atom stereocenters. The summed E-state index contributed by atoms with van der Waals surface area (Å²) in [5.74, 6) is 0.513. The van der Waals surface area contributed by atoms with E-state index in [4.69, 9.17) is 4.74 Å². The van der Waals surface area contributed by atoms with Gasteiger partial charge < -0.3 is 15.4 Å². The fourth-order valence-corrected chi connectivity index (χ4v) is 3.16. The van der Waals surface area contributed by atoms with E-state index >= 15 is 0 Å². The summed E-state index contributed by atoms with van der Waals surface area (Å²) >= 11 is 3.48. The van der Waals surface area contributed by atoms with Crippen LogP contribution in [0, 0.1) is 0 Å². The van der Waals surface area contributed by atoms with Gasteiger partial charge in [-0.15, -0.1) is 0 Å². The smallest absolute Gasteiger partial charge is 0.255 e. The molecule has 1 aliphatic heterocycles. The van der Waals surface area contributed by atoms with Crippen LogP contribution in [0.3, 0.4) is 0 Å². The Morgan fingerprint density at radius 2 is 2.24 bits per heavy atom. The van der Waals surface area contributed by atoms with Crippen LogP contribution in [0.25, 0.3) is 10.9 Å². The molecule has 2 N–H and O–H groups in total. The number of ether oxygens (including phenoxy) is 1. The van der Waals surface area contributed by atoms with E-state index in [9.17, 15) is 4.79 Å². The monoisotopic (exact) mass is 398 g/mol. The normalized spacial score (nSPS) is 16.3. The lowest BCUT2D eigenvalue weighted by Crippen LogP contribution is -2.14. The lowest BCUT2D eigenvalue weighted by atomic mass is 10.1. The Bertz CT molecular complexity index is 947. The molecule has 7 heteroatoms. The Morgan fingerprint density at radius 1 is 1.32 bits per heavy atom. The maximum absolute atomic E-state index is 12.7. The molecule has 2 aromatic carbocycles. The number of rotatable bonds is 2. The van der Waals surface area contributed by atoms with Crippen LogP contribution in [-0.4, -0.2) is 27.4 Å². The van der Waals surface area contributed by atoms with Crippen LogP contribution < -0.4 is 15.4 Å². The van der Waals surface area contributed by atoms with E-state index in [0.717, 1.165) is 29.6 Å². The maximum atomic E-state index is 12.7. The number of hydrogen-bond donors (Lipinski definition) is 2. The maximum Gasteiger partial charge on any atom is 0.255 e. The molecule has 1 aliphatic rings. The first-order valence-electron chi connectivity index (χ1n) is 7.89. The van der Waals surface area contributed by atoms with E-state index in [2.05, 4.69) is 36.5 Å². The Hall–Kier alpha value is -2.67. The van der Waals surface area contributed by atoms with Gasteiger partial charge in [0.2, 0.25) is 0 Å². The van der Waals surface area contributed by atoms with E-state index < -0.39 is 0 Å². The van der Waals surface area contributed by atoms with Crippen LogP contribution in [0.2, 0.25) is 0 Å². The number of halogens is 1. The molecule has 3 aromatic rings. The van der Waals surface area contributed by atoms with Crippen molar-refractivity contribution in [1.29, 1.82) is 0 Å². The highest BCUT2D eigenvalue weighted by atomic mass is 79.9. The molecule has 0 radical (unpaired) electrons. The molecule has 25 heavy (non-hydrogen) atoms. The second-order valence-electron chi connectivity index (χ2n) is 5.67. The second-order valence-corrected chi connectivity index (χ2v) is 6.69. The summed E-state index contributed by atoms with van der Waals surface area (Å²) in [6.07, 6.45) is 4.02.